The van der Waals surface area contributed by atoms with Crippen LogP contribution in [-0.2, 0) is 0 Å². The van der Waals surface area contributed by atoms with E-state index in [9.17, 15) is 4.79 Å². The third-order valence-corrected chi connectivity index (χ3v) is 4.18. The molecule has 0 aromatic heterocycles. The number of para-hydroxylation sites is 1. The molecule has 0 N–H and O–H groups in total. The zero-order valence-corrected chi connectivity index (χ0v) is 13.0. The van der Waals surface area contributed by atoms with Gasteiger partial charge in [0.15, 0.2) is 0 Å². The van der Waals surface area contributed by atoms with Crippen LogP contribution in [0.25, 0.3) is 0 Å². The van der Waals surface area contributed by atoms with Gasteiger partial charge < -0.3 is 4.90 Å². The van der Waals surface area contributed by atoms with E-state index in [-0.39, 0.29) is 12.1 Å². The first-order valence-electron chi connectivity index (χ1n) is 7.99. The van der Waals surface area contributed by atoms with Crippen LogP contribution in [0.15, 0.2) is 60.7 Å². The summed E-state index contributed by atoms with van der Waals surface area (Å²) in [7, 11) is 0. The zero-order chi connectivity index (χ0) is 15.4. The average Bonchev–Trinajstić information content (AvgIpc) is 2.91. The van der Waals surface area contributed by atoms with E-state index in [0.29, 0.717) is 0 Å². The molecule has 1 aliphatic rings. The van der Waals surface area contributed by atoms with E-state index < -0.39 is 0 Å². The number of hydrogen-bond acceptors (Lipinski definition) is 1. The maximum atomic E-state index is 12.8. The van der Waals surface area contributed by atoms with Crippen molar-refractivity contribution in [2.24, 2.45) is 0 Å². The summed E-state index contributed by atoms with van der Waals surface area (Å²) in [6.45, 7) is 3.75. The van der Waals surface area contributed by atoms with Crippen molar-refractivity contribution >= 4 is 11.7 Å². The SMILES string of the molecule is CCCCN1CC(c2ccccc2)N(c2ccccc2)C1=O. The van der Waals surface area contributed by atoms with Gasteiger partial charge in [0.25, 0.3) is 0 Å². The summed E-state index contributed by atoms with van der Waals surface area (Å²) < 4.78 is 0. The van der Waals surface area contributed by atoms with Crippen LogP contribution in [0.3, 0.4) is 0 Å². The second-order valence-electron chi connectivity index (χ2n) is 5.71. The normalized spacial score (nSPS) is 18.0. The topological polar surface area (TPSA) is 23.6 Å². The highest BCUT2D eigenvalue weighted by atomic mass is 16.2. The largest absolute Gasteiger partial charge is 0.325 e. The van der Waals surface area contributed by atoms with Gasteiger partial charge in [-0.05, 0) is 24.1 Å². The molecule has 2 aromatic rings. The first-order chi connectivity index (χ1) is 10.8. The summed E-state index contributed by atoms with van der Waals surface area (Å²) in [5.74, 6) is 0. The fourth-order valence-electron chi connectivity index (χ4n) is 3.00. The summed E-state index contributed by atoms with van der Waals surface area (Å²) in [5.41, 5.74) is 2.17. The third kappa shape index (κ3) is 2.84. The van der Waals surface area contributed by atoms with Crippen molar-refractivity contribution in [2.75, 3.05) is 18.0 Å². The highest BCUT2D eigenvalue weighted by molar-refractivity contribution is 5.95. The van der Waals surface area contributed by atoms with Crippen molar-refractivity contribution in [1.82, 2.24) is 4.90 Å². The number of rotatable bonds is 5. The number of unbranched alkanes of at least 4 members (excludes halogenated alkanes) is 1. The molecule has 0 saturated carbocycles. The predicted molar refractivity (Wildman–Crippen MR) is 90.0 cm³/mol. The number of hydrogen-bond donors (Lipinski definition) is 0. The smallest absolute Gasteiger partial charge is 0.322 e. The molecule has 3 nitrogen and oxygen atoms in total. The van der Waals surface area contributed by atoms with Gasteiger partial charge >= 0.3 is 6.03 Å². The second kappa shape index (κ2) is 6.65. The molecule has 114 valence electrons. The molecule has 1 fully saturated rings. The van der Waals surface area contributed by atoms with E-state index in [1.54, 1.807) is 0 Å². The number of benzene rings is 2. The minimum absolute atomic E-state index is 0.0907. The quantitative estimate of drug-likeness (QED) is 0.798. The molecule has 22 heavy (non-hydrogen) atoms. The highest BCUT2D eigenvalue weighted by Gasteiger charge is 2.38. The number of carbonyl (C=O) groups excluding carboxylic acids is 1. The van der Waals surface area contributed by atoms with Crippen molar-refractivity contribution in [3.05, 3.63) is 66.2 Å². The lowest BCUT2D eigenvalue weighted by atomic mass is 10.1. The monoisotopic (exact) mass is 294 g/mol. The van der Waals surface area contributed by atoms with E-state index in [2.05, 4.69) is 19.1 Å². The van der Waals surface area contributed by atoms with Crippen molar-refractivity contribution in [3.63, 3.8) is 0 Å². The van der Waals surface area contributed by atoms with Crippen molar-refractivity contribution in [3.8, 4) is 0 Å². The van der Waals surface area contributed by atoms with Crippen LogP contribution in [0.5, 0.6) is 0 Å². The Hall–Kier alpha value is -2.29. The van der Waals surface area contributed by atoms with Gasteiger partial charge in [0, 0.05) is 18.8 Å². The molecule has 1 atom stereocenters. The Balaban J connectivity index is 1.93. The molecule has 0 spiro atoms. The maximum absolute atomic E-state index is 12.8. The zero-order valence-electron chi connectivity index (χ0n) is 13.0. The highest BCUT2D eigenvalue weighted by Crippen LogP contribution is 2.34. The Labute approximate surface area is 132 Å². The Morgan fingerprint density at radius 3 is 2.27 bits per heavy atom. The minimum atomic E-state index is 0.0907. The Morgan fingerprint density at radius 1 is 1.00 bits per heavy atom. The van der Waals surface area contributed by atoms with E-state index in [0.717, 1.165) is 31.6 Å². The van der Waals surface area contributed by atoms with E-state index in [1.165, 1.54) is 5.56 Å². The van der Waals surface area contributed by atoms with Crippen LogP contribution in [0, 0.1) is 0 Å². The van der Waals surface area contributed by atoms with Gasteiger partial charge in [0.1, 0.15) is 0 Å². The first kappa shape index (κ1) is 14.6. The molecule has 3 heteroatoms. The number of amides is 2. The molecule has 0 bridgehead atoms. The minimum Gasteiger partial charge on any atom is -0.322 e. The molecule has 1 unspecified atom stereocenters. The molecular formula is C19H22N2O. The third-order valence-electron chi connectivity index (χ3n) is 4.18. The van der Waals surface area contributed by atoms with Crippen LogP contribution in [0.2, 0.25) is 0 Å². The molecule has 2 amide bonds. The van der Waals surface area contributed by atoms with E-state index >= 15 is 0 Å². The van der Waals surface area contributed by atoms with Crippen LogP contribution >= 0.6 is 0 Å². The van der Waals surface area contributed by atoms with Crippen molar-refractivity contribution in [2.45, 2.75) is 25.8 Å². The van der Waals surface area contributed by atoms with E-state index in [4.69, 9.17) is 0 Å². The Morgan fingerprint density at radius 2 is 1.64 bits per heavy atom. The summed E-state index contributed by atoms with van der Waals surface area (Å²) in [6, 6.07) is 20.5. The van der Waals surface area contributed by atoms with Crippen LogP contribution < -0.4 is 4.90 Å². The van der Waals surface area contributed by atoms with Gasteiger partial charge in [0.05, 0.1) is 6.04 Å². The van der Waals surface area contributed by atoms with Gasteiger partial charge in [0.2, 0.25) is 0 Å². The van der Waals surface area contributed by atoms with Gasteiger partial charge in [-0.1, -0.05) is 61.9 Å². The predicted octanol–water partition coefficient (Wildman–Crippen LogP) is 4.47. The number of nitrogens with zero attached hydrogens (tertiary/aromatic N) is 2. The standard InChI is InChI=1S/C19H22N2O/c1-2-3-14-20-15-18(16-10-6-4-7-11-16)21(19(20)22)17-12-8-5-9-13-17/h4-13,18H,2-3,14-15H2,1H3. The maximum Gasteiger partial charge on any atom is 0.325 e. The number of urea groups is 1. The molecular weight excluding hydrogens is 272 g/mol. The molecule has 3 rings (SSSR count). The van der Waals surface area contributed by atoms with E-state index in [1.807, 2.05) is 58.3 Å². The lowest BCUT2D eigenvalue weighted by Crippen LogP contribution is -2.32. The van der Waals surface area contributed by atoms with Gasteiger partial charge in [-0.15, -0.1) is 0 Å². The van der Waals surface area contributed by atoms with Crippen LogP contribution in [-0.4, -0.2) is 24.0 Å². The number of carbonyl (C=O) groups is 1. The summed E-state index contributed by atoms with van der Waals surface area (Å²) in [6.07, 6.45) is 2.15. The average molecular weight is 294 g/mol. The Kier molecular flexibility index (Phi) is 4.42. The van der Waals surface area contributed by atoms with Crippen molar-refractivity contribution < 1.29 is 4.79 Å². The summed E-state index contributed by atoms with van der Waals surface area (Å²) >= 11 is 0. The van der Waals surface area contributed by atoms with Crippen LogP contribution in [0.4, 0.5) is 10.5 Å². The van der Waals surface area contributed by atoms with Gasteiger partial charge in [-0.2, -0.15) is 0 Å². The van der Waals surface area contributed by atoms with Crippen LogP contribution in [0.1, 0.15) is 31.4 Å². The second-order valence-corrected chi connectivity index (χ2v) is 5.71. The fourth-order valence-corrected chi connectivity index (χ4v) is 3.00. The lowest BCUT2D eigenvalue weighted by molar-refractivity contribution is 0.220. The number of anilines is 1. The van der Waals surface area contributed by atoms with Crippen molar-refractivity contribution in [1.29, 1.82) is 0 Å². The molecule has 1 aliphatic heterocycles. The fraction of sp³-hybridized carbons (Fsp3) is 0.316. The lowest BCUT2D eigenvalue weighted by Gasteiger charge is -2.23. The van der Waals surface area contributed by atoms with Gasteiger partial charge in [-0.3, -0.25) is 4.90 Å². The molecule has 1 saturated heterocycles. The first-order valence-corrected chi connectivity index (χ1v) is 7.99. The summed E-state index contributed by atoms with van der Waals surface area (Å²) in [4.78, 5) is 16.8. The molecule has 2 aromatic carbocycles. The van der Waals surface area contributed by atoms with Gasteiger partial charge in [-0.25, -0.2) is 4.79 Å². The molecule has 0 aliphatic carbocycles. The Bertz CT molecular complexity index is 612. The molecule has 1 heterocycles. The molecule has 0 radical (unpaired) electrons. The summed E-state index contributed by atoms with van der Waals surface area (Å²) in [5, 5.41) is 0.